The average molecular weight is 443 g/mol. The summed E-state index contributed by atoms with van der Waals surface area (Å²) in [5.74, 6) is 0.721. The van der Waals surface area contributed by atoms with Gasteiger partial charge in [-0.2, -0.15) is 0 Å². The first-order valence-electron chi connectivity index (χ1n) is 10.1. The summed E-state index contributed by atoms with van der Waals surface area (Å²) in [7, 11) is 2.87. The standard InChI is InChI=1S/C22H23ClN4O4/c1-25-18(12-19(28)26(2)22(25)30)21(29)27-10-6-5-9-17(27)20-24-13-15(31-20)11-14-7-3-4-8-16(14)23/h3-4,7-8,12-13,17H,5-6,9-11H2,1-2H3/t17-/m0/s1. The van der Waals surface area contributed by atoms with Crippen LogP contribution in [0.1, 0.15) is 53.0 Å². The Balaban J connectivity index is 1.62. The summed E-state index contributed by atoms with van der Waals surface area (Å²) >= 11 is 6.24. The van der Waals surface area contributed by atoms with Crippen LogP contribution >= 0.6 is 11.6 Å². The molecule has 1 aliphatic rings. The van der Waals surface area contributed by atoms with Crippen molar-refractivity contribution in [1.29, 1.82) is 0 Å². The number of likely N-dealkylation sites (tertiary alicyclic amines) is 1. The normalized spacial score (nSPS) is 16.5. The lowest BCUT2D eigenvalue weighted by Gasteiger charge is -2.34. The van der Waals surface area contributed by atoms with Crippen molar-refractivity contribution in [2.45, 2.75) is 31.7 Å². The van der Waals surface area contributed by atoms with Crippen molar-refractivity contribution in [3.05, 3.63) is 85.3 Å². The zero-order chi connectivity index (χ0) is 22.1. The van der Waals surface area contributed by atoms with E-state index in [0.29, 0.717) is 36.1 Å². The lowest BCUT2D eigenvalue weighted by Crippen LogP contribution is -2.44. The first-order valence-corrected chi connectivity index (χ1v) is 10.5. The molecule has 1 amide bonds. The molecule has 162 valence electrons. The molecular formula is C22H23ClN4O4. The van der Waals surface area contributed by atoms with Crippen molar-refractivity contribution in [1.82, 2.24) is 19.0 Å². The van der Waals surface area contributed by atoms with Crippen molar-refractivity contribution >= 4 is 17.5 Å². The number of nitrogens with zero attached hydrogens (tertiary/aromatic N) is 4. The van der Waals surface area contributed by atoms with E-state index in [1.54, 1.807) is 11.1 Å². The highest BCUT2D eigenvalue weighted by Gasteiger charge is 2.33. The second kappa shape index (κ2) is 8.55. The second-order valence-corrected chi connectivity index (χ2v) is 8.12. The van der Waals surface area contributed by atoms with Crippen molar-refractivity contribution in [3.8, 4) is 0 Å². The highest BCUT2D eigenvalue weighted by Crippen LogP contribution is 2.32. The molecule has 2 aromatic heterocycles. The molecule has 0 unspecified atom stereocenters. The molecule has 1 aliphatic heterocycles. The third-order valence-corrected chi connectivity index (χ3v) is 6.06. The van der Waals surface area contributed by atoms with E-state index in [-0.39, 0.29) is 17.6 Å². The summed E-state index contributed by atoms with van der Waals surface area (Å²) < 4.78 is 8.17. The first-order chi connectivity index (χ1) is 14.9. The van der Waals surface area contributed by atoms with Crippen molar-refractivity contribution in [2.75, 3.05) is 6.54 Å². The fourth-order valence-electron chi connectivity index (χ4n) is 3.90. The predicted octanol–water partition coefficient (Wildman–Crippen LogP) is 2.68. The number of aromatic nitrogens is 3. The Morgan fingerprint density at radius 3 is 2.74 bits per heavy atom. The van der Waals surface area contributed by atoms with Gasteiger partial charge >= 0.3 is 5.69 Å². The number of carbonyl (C=O) groups is 1. The maximum absolute atomic E-state index is 13.3. The van der Waals surface area contributed by atoms with E-state index in [2.05, 4.69) is 4.98 Å². The zero-order valence-electron chi connectivity index (χ0n) is 17.4. The Kier molecular flexibility index (Phi) is 5.82. The van der Waals surface area contributed by atoms with E-state index >= 15 is 0 Å². The quantitative estimate of drug-likeness (QED) is 0.619. The van der Waals surface area contributed by atoms with Gasteiger partial charge in [-0.05, 0) is 30.9 Å². The fraction of sp³-hybridized carbons (Fsp3) is 0.364. The van der Waals surface area contributed by atoms with Crippen LogP contribution in [0, 0.1) is 0 Å². The number of hydrogen-bond acceptors (Lipinski definition) is 5. The van der Waals surface area contributed by atoms with Crippen LogP contribution in [-0.2, 0) is 20.5 Å². The maximum Gasteiger partial charge on any atom is 0.331 e. The Hall–Kier alpha value is -3.13. The Morgan fingerprint density at radius 1 is 1.19 bits per heavy atom. The Bertz CT molecular complexity index is 1240. The van der Waals surface area contributed by atoms with Gasteiger partial charge in [0.15, 0.2) is 0 Å². The SMILES string of the molecule is Cn1c(C(=O)N2CCCC[C@H]2c2ncc(Cc3ccccc3Cl)o2)cc(=O)n(C)c1=O. The summed E-state index contributed by atoms with van der Waals surface area (Å²) in [6.07, 6.45) is 4.59. The summed E-state index contributed by atoms with van der Waals surface area (Å²) in [4.78, 5) is 43.7. The molecule has 31 heavy (non-hydrogen) atoms. The lowest BCUT2D eigenvalue weighted by molar-refractivity contribution is 0.0558. The van der Waals surface area contributed by atoms with E-state index in [4.69, 9.17) is 16.0 Å². The van der Waals surface area contributed by atoms with Gasteiger partial charge in [0.1, 0.15) is 17.5 Å². The fourth-order valence-corrected chi connectivity index (χ4v) is 4.11. The highest BCUT2D eigenvalue weighted by molar-refractivity contribution is 6.31. The molecule has 1 aromatic carbocycles. The van der Waals surface area contributed by atoms with E-state index in [1.165, 1.54) is 24.7 Å². The molecule has 0 spiro atoms. The van der Waals surface area contributed by atoms with Gasteiger partial charge in [-0.15, -0.1) is 0 Å². The molecule has 3 aromatic rings. The van der Waals surface area contributed by atoms with Crippen LogP contribution in [0.2, 0.25) is 5.02 Å². The van der Waals surface area contributed by atoms with Crippen LogP contribution in [-0.4, -0.2) is 31.5 Å². The Morgan fingerprint density at radius 2 is 1.97 bits per heavy atom. The molecule has 1 atom stereocenters. The molecule has 1 saturated heterocycles. The number of amides is 1. The second-order valence-electron chi connectivity index (χ2n) is 7.71. The highest BCUT2D eigenvalue weighted by atomic mass is 35.5. The summed E-state index contributed by atoms with van der Waals surface area (Å²) in [5.41, 5.74) is -0.0675. The molecule has 0 bridgehead atoms. The van der Waals surface area contributed by atoms with Crippen molar-refractivity contribution < 1.29 is 9.21 Å². The van der Waals surface area contributed by atoms with Crippen LogP contribution in [0.4, 0.5) is 0 Å². The first kappa shape index (κ1) is 21.1. The topological polar surface area (TPSA) is 90.3 Å². The van der Waals surface area contributed by atoms with Gasteiger partial charge in [-0.1, -0.05) is 29.8 Å². The van der Waals surface area contributed by atoms with E-state index < -0.39 is 11.2 Å². The van der Waals surface area contributed by atoms with Crippen molar-refractivity contribution in [3.63, 3.8) is 0 Å². The minimum Gasteiger partial charge on any atom is -0.443 e. The molecule has 0 radical (unpaired) electrons. The largest absolute Gasteiger partial charge is 0.443 e. The number of hydrogen-bond donors (Lipinski definition) is 0. The van der Waals surface area contributed by atoms with Crippen LogP contribution in [0.5, 0.6) is 0 Å². The minimum absolute atomic E-state index is 0.0582. The van der Waals surface area contributed by atoms with Gasteiger partial charge in [-0.25, -0.2) is 9.78 Å². The monoisotopic (exact) mass is 442 g/mol. The third-order valence-electron chi connectivity index (χ3n) is 5.69. The molecule has 0 saturated carbocycles. The maximum atomic E-state index is 13.3. The zero-order valence-corrected chi connectivity index (χ0v) is 18.1. The van der Waals surface area contributed by atoms with Gasteiger partial charge in [0.25, 0.3) is 11.5 Å². The lowest BCUT2D eigenvalue weighted by atomic mass is 10.0. The number of benzene rings is 1. The molecular weight excluding hydrogens is 420 g/mol. The van der Waals surface area contributed by atoms with Crippen molar-refractivity contribution in [2.24, 2.45) is 14.1 Å². The van der Waals surface area contributed by atoms with Gasteiger partial charge in [0.05, 0.1) is 6.20 Å². The smallest absolute Gasteiger partial charge is 0.331 e. The summed E-state index contributed by atoms with van der Waals surface area (Å²) in [6, 6.07) is 8.37. The van der Waals surface area contributed by atoms with Gasteiger partial charge in [0.2, 0.25) is 5.89 Å². The minimum atomic E-state index is -0.539. The number of oxazole rings is 1. The molecule has 0 N–H and O–H groups in total. The van der Waals surface area contributed by atoms with Gasteiger partial charge in [0, 0.05) is 38.1 Å². The van der Waals surface area contributed by atoms with Gasteiger partial charge in [-0.3, -0.25) is 18.7 Å². The van der Waals surface area contributed by atoms with Crippen LogP contribution in [0.3, 0.4) is 0 Å². The molecule has 3 heterocycles. The summed E-state index contributed by atoms with van der Waals surface area (Å²) in [5, 5.41) is 0.654. The molecule has 1 fully saturated rings. The van der Waals surface area contributed by atoms with Gasteiger partial charge < -0.3 is 9.32 Å². The third kappa shape index (κ3) is 4.07. The average Bonchev–Trinajstić information content (AvgIpc) is 3.24. The van der Waals surface area contributed by atoms with E-state index in [1.807, 2.05) is 24.3 Å². The van der Waals surface area contributed by atoms with E-state index in [9.17, 15) is 14.4 Å². The summed E-state index contributed by atoms with van der Waals surface area (Å²) in [6.45, 7) is 0.495. The molecule has 4 rings (SSSR count). The van der Waals surface area contributed by atoms with Crippen LogP contribution in [0.25, 0.3) is 0 Å². The number of rotatable bonds is 4. The molecule has 8 nitrogen and oxygen atoms in total. The number of piperidine rings is 1. The Labute approximate surface area is 183 Å². The van der Waals surface area contributed by atoms with Crippen LogP contribution < -0.4 is 11.2 Å². The number of halogens is 1. The molecule has 0 aliphatic carbocycles. The van der Waals surface area contributed by atoms with Crippen LogP contribution in [0.15, 0.2) is 50.5 Å². The predicted molar refractivity (Wildman–Crippen MR) is 115 cm³/mol. The molecule has 9 heteroatoms. The van der Waals surface area contributed by atoms with E-state index in [0.717, 1.165) is 23.0 Å². The number of carbonyl (C=O) groups excluding carboxylic acids is 1.